The first-order valence-corrected chi connectivity index (χ1v) is 16.5. The third kappa shape index (κ3) is 5.38. The fourth-order valence-electron chi connectivity index (χ4n) is 6.47. The summed E-state index contributed by atoms with van der Waals surface area (Å²) >= 11 is 0. The minimum absolute atomic E-state index is 0.572. The molecule has 11 heteroatoms. The molecule has 0 saturated heterocycles. The lowest BCUT2D eigenvalue weighted by Crippen LogP contribution is -2.00. The molecule has 0 N–H and O–H groups in total. The molecule has 0 fully saturated rings. The molecule has 0 spiro atoms. The maximum absolute atomic E-state index is 5.03. The largest absolute Gasteiger partial charge is 0.208 e. The summed E-state index contributed by atoms with van der Waals surface area (Å²) in [5.74, 6) is 1.73. The minimum atomic E-state index is 0.572. The van der Waals surface area contributed by atoms with Gasteiger partial charge in [0, 0.05) is 16.7 Å². The first kappa shape index (κ1) is 29.4. The molecule has 0 aliphatic carbocycles. The number of hydrogen-bond acceptors (Lipinski definition) is 11. The van der Waals surface area contributed by atoms with Crippen LogP contribution in [-0.4, -0.2) is 56.2 Å². The Kier molecular flexibility index (Phi) is 6.84. The van der Waals surface area contributed by atoms with Crippen molar-refractivity contribution >= 4 is 43.6 Å². The Balaban J connectivity index is 1.06. The fourth-order valence-corrected chi connectivity index (χ4v) is 6.47. The normalized spacial score (nSPS) is 11.5. The molecule has 0 aliphatic heterocycles. The first-order chi connectivity index (χ1) is 25.7. The van der Waals surface area contributed by atoms with E-state index in [-0.39, 0.29) is 0 Å². The highest BCUT2D eigenvalue weighted by Crippen LogP contribution is 2.32. The highest BCUT2D eigenvalue weighted by atomic mass is 15.4. The number of fused-ring (bicyclic) bond motifs is 4. The van der Waals surface area contributed by atoms with Crippen molar-refractivity contribution in [2.75, 3.05) is 0 Å². The first-order valence-electron chi connectivity index (χ1n) is 16.5. The maximum Gasteiger partial charge on any atom is 0.164 e. The molecule has 0 unspecified atom stereocenters. The van der Waals surface area contributed by atoms with E-state index in [2.05, 4.69) is 120 Å². The molecule has 7 aromatic carbocycles. The highest BCUT2D eigenvalue weighted by molar-refractivity contribution is 5.99. The molecular weight excluding hydrogens is 647 g/mol. The van der Waals surface area contributed by atoms with Gasteiger partial charge in [0.2, 0.25) is 0 Å². The van der Waals surface area contributed by atoms with E-state index in [1.54, 1.807) is 0 Å². The van der Waals surface area contributed by atoms with Crippen LogP contribution >= 0.6 is 0 Å². The summed E-state index contributed by atoms with van der Waals surface area (Å²) in [6.07, 6.45) is 0. The topological polar surface area (TPSA) is 142 Å². The zero-order valence-electron chi connectivity index (χ0n) is 27.2. The third-order valence-electron chi connectivity index (χ3n) is 9.19. The zero-order valence-corrected chi connectivity index (χ0v) is 27.2. The summed E-state index contributed by atoms with van der Waals surface area (Å²) in [5.41, 5.74) is 9.40. The smallest absolute Gasteiger partial charge is 0.164 e. The van der Waals surface area contributed by atoms with E-state index in [1.807, 2.05) is 60.7 Å². The molecule has 10 rings (SSSR count). The van der Waals surface area contributed by atoms with Crippen LogP contribution in [0.25, 0.3) is 100 Å². The molecular formula is C41H23N11. The van der Waals surface area contributed by atoms with Crippen molar-refractivity contribution < 1.29 is 0 Å². The number of aromatic nitrogens is 11. The predicted molar refractivity (Wildman–Crippen MR) is 199 cm³/mol. The molecule has 0 amide bonds. The van der Waals surface area contributed by atoms with E-state index in [0.717, 1.165) is 49.7 Å². The Morgan fingerprint density at radius 2 is 0.635 bits per heavy atom. The lowest BCUT2D eigenvalue weighted by Gasteiger charge is -2.11. The van der Waals surface area contributed by atoms with E-state index >= 15 is 0 Å². The molecule has 0 aliphatic rings. The average Bonchev–Trinajstić information content (AvgIpc) is 3.22. The van der Waals surface area contributed by atoms with Gasteiger partial charge < -0.3 is 0 Å². The third-order valence-corrected chi connectivity index (χ3v) is 9.19. The molecule has 3 heterocycles. The fraction of sp³-hybridized carbons (Fsp3) is 0. The van der Waals surface area contributed by atoms with Crippen LogP contribution in [-0.2, 0) is 0 Å². The summed E-state index contributed by atoms with van der Waals surface area (Å²) in [6.45, 7) is 0. The molecule has 0 bridgehead atoms. The SMILES string of the molecule is c1ccc2cc3cc(-c4nc(-c5ccc(-c6ccc7nnnnc7c6)cc5)nc(-c5ccc(-c6ccc7nnnnc7c6)cc5)n4)ccc3cc2c1. The van der Waals surface area contributed by atoms with Gasteiger partial charge in [0.05, 0.1) is 0 Å². The average molecular weight is 670 g/mol. The zero-order chi connectivity index (χ0) is 34.4. The van der Waals surface area contributed by atoms with Gasteiger partial charge in [0.15, 0.2) is 17.5 Å². The summed E-state index contributed by atoms with van der Waals surface area (Å²) in [4.78, 5) is 15.1. The summed E-state index contributed by atoms with van der Waals surface area (Å²) in [7, 11) is 0. The molecule has 10 aromatic rings. The van der Waals surface area contributed by atoms with Gasteiger partial charge in [-0.25, -0.2) is 15.0 Å². The number of benzene rings is 7. The summed E-state index contributed by atoms with van der Waals surface area (Å²) < 4.78 is 0. The summed E-state index contributed by atoms with van der Waals surface area (Å²) in [6, 6.07) is 47.2. The maximum atomic E-state index is 5.03. The Morgan fingerprint density at radius 3 is 1.15 bits per heavy atom. The number of hydrogen-bond donors (Lipinski definition) is 0. The van der Waals surface area contributed by atoms with Gasteiger partial charge in [0.1, 0.15) is 22.1 Å². The van der Waals surface area contributed by atoms with Crippen LogP contribution in [0.4, 0.5) is 0 Å². The van der Waals surface area contributed by atoms with E-state index in [9.17, 15) is 0 Å². The second-order valence-electron chi connectivity index (χ2n) is 12.4. The van der Waals surface area contributed by atoms with Crippen LogP contribution in [0.3, 0.4) is 0 Å². The Labute approximate surface area is 295 Å². The van der Waals surface area contributed by atoms with E-state index in [1.165, 1.54) is 10.8 Å². The predicted octanol–water partition coefficient (Wildman–Crippen LogP) is 7.98. The van der Waals surface area contributed by atoms with Crippen LogP contribution in [0.1, 0.15) is 0 Å². The molecule has 3 aromatic heterocycles. The Bertz CT molecular complexity index is 2830. The number of nitrogens with zero attached hydrogens (tertiary/aromatic N) is 11. The van der Waals surface area contributed by atoms with Crippen LogP contribution in [0.2, 0.25) is 0 Å². The highest BCUT2D eigenvalue weighted by Gasteiger charge is 2.14. The van der Waals surface area contributed by atoms with Crippen molar-refractivity contribution in [3.63, 3.8) is 0 Å². The molecule has 0 saturated carbocycles. The quantitative estimate of drug-likeness (QED) is 0.165. The van der Waals surface area contributed by atoms with Crippen LogP contribution < -0.4 is 0 Å². The van der Waals surface area contributed by atoms with E-state index < -0.39 is 0 Å². The summed E-state index contributed by atoms with van der Waals surface area (Å²) in [5, 5.41) is 35.6. The van der Waals surface area contributed by atoms with Crippen molar-refractivity contribution in [3.8, 4) is 56.4 Å². The van der Waals surface area contributed by atoms with Gasteiger partial charge in [-0.05, 0) is 107 Å². The number of rotatable bonds is 5. The molecule has 0 radical (unpaired) electrons. The Morgan fingerprint density at radius 1 is 0.250 bits per heavy atom. The van der Waals surface area contributed by atoms with E-state index in [0.29, 0.717) is 39.5 Å². The molecule has 0 atom stereocenters. The van der Waals surface area contributed by atoms with Gasteiger partial charge in [-0.1, -0.05) is 97.1 Å². The second-order valence-corrected chi connectivity index (χ2v) is 12.4. The molecule has 52 heavy (non-hydrogen) atoms. The Hall–Kier alpha value is -7.53. The van der Waals surface area contributed by atoms with Crippen molar-refractivity contribution in [2.45, 2.75) is 0 Å². The van der Waals surface area contributed by atoms with Crippen LogP contribution in [0.15, 0.2) is 140 Å². The van der Waals surface area contributed by atoms with Gasteiger partial charge in [-0.3, -0.25) is 0 Å². The lowest BCUT2D eigenvalue weighted by molar-refractivity contribution is 0.797. The van der Waals surface area contributed by atoms with Gasteiger partial charge in [-0.15, -0.1) is 20.4 Å². The second kappa shape index (κ2) is 12.1. The lowest BCUT2D eigenvalue weighted by atomic mass is 10.0. The minimum Gasteiger partial charge on any atom is -0.208 e. The molecule has 242 valence electrons. The van der Waals surface area contributed by atoms with Crippen LogP contribution in [0, 0.1) is 0 Å². The van der Waals surface area contributed by atoms with E-state index in [4.69, 9.17) is 15.0 Å². The molecule has 11 nitrogen and oxygen atoms in total. The standard InChI is InChI=1S/C41H23N11/c1-2-4-29-20-34-21-33(14-13-30(34)19-28(29)3-1)41-43-39(26-9-5-24(6-10-26)31-15-17-35-37(22-31)47-51-49-45-35)42-40(44-41)27-11-7-25(8-12-27)32-16-18-36-38(23-32)48-52-50-46-36/h1-23H. The monoisotopic (exact) mass is 669 g/mol. The van der Waals surface area contributed by atoms with Gasteiger partial charge in [-0.2, -0.15) is 0 Å². The van der Waals surface area contributed by atoms with Gasteiger partial charge >= 0.3 is 0 Å². The van der Waals surface area contributed by atoms with Crippen molar-refractivity contribution in [2.24, 2.45) is 0 Å². The van der Waals surface area contributed by atoms with Crippen LogP contribution in [0.5, 0.6) is 0 Å². The van der Waals surface area contributed by atoms with Crippen molar-refractivity contribution in [1.29, 1.82) is 0 Å². The van der Waals surface area contributed by atoms with Crippen molar-refractivity contribution in [3.05, 3.63) is 140 Å². The van der Waals surface area contributed by atoms with Gasteiger partial charge in [0.25, 0.3) is 0 Å². The van der Waals surface area contributed by atoms with Crippen molar-refractivity contribution in [1.82, 2.24) is 56.2 Å².